The zero-order valence-electron chi connectivity index (χ0n) is 15.5. The summed E-state index contributed by atoms with van der Waals surface area (Å²) >= 11 is 0. The van der Waals surface area contributed by atoms with Crippen LogP contribution in [0.5, 0.6) is 0 Å². The van der Waals surface area contributed by atoms with Crippen molar-refractivity contribution in [2.75, 3.05) is 0 Å². The van der Waals surface area contributed by atoms with Gasteiger partial charge < -0.3 is 9.52 Å². The third-order valence-electron chi connectivity index (χ3n) is 4.52. The number of carbonyl (C=O) groups is 2. The number of benzene rings is 2. The second-order valence-electron chi connectivity index (χ2n) is 6.47. The zero-order valence-corrected chi connectivity index (χ0v) is 15.5. The van der Waals surface area contributed by atoms with Crippen molar-refractivity contribution < 1.29 is 19.1 Å². The molecule has 0 aliphatic rings. The lowest BCUT2D eigenvalue weighted by Crippen LogP contribution is -2.17. The topological polar surface area (TPSA) is 84.6 Å². The highest BCUT2D eigenvalue weighted by Crippen LogP contribution is 2.24. The molecule has 5 nitrogen and oxygen atoms in total. The van der Waals surface area contributed by atoms with E-state index in [0.717, 1.165) is 18.4 Å². The van der Waals surface area contributed by atoms with Crippen LogP contribution < -0.4 is 5.63 Å². The Morgan fingerprint density at radius 2 is 1.86 bits per heavy atom. The molecule has 0 aliphatic heterocycles. The number of unbranched alkanes of at least 4 members (excludes halogenated alkanes) is 1. The highest BCUT2D eigenvalue weighted by atomic mass is 16.4. The SMILES string of the molecule is CCCCc1c(C(=O)O)c(=O)oc2ccc(/C=C/C(=O)c3ccccc3)cc12. The summed E-state index contributed by atoms with van der Waals surface area (Å²) < 4.78 is 5.20. The molecular weight excluding hydrogens is 356 g/mol. The van der Waals surface area contributed by atoms with Gasteiger partial charge in [0.25, 0.3) is 0 Å². The summed E-state index contributed by atoms with van der Waals surface area (Å²) in [6.45, 7) is 2.00. The lowest BCUT2D eigenvalue weighted by atomic mass is 9.97. The molecule has 0 unspecified atom stereocenters. The van der Waals surface area contributed by atoms with E-state index in [9.17, 15) is 19.5 Å². The summed E-state index contributed by atoms with van der Waals surface area (Å²) in [6, 6.07) is 14.0. The van der Waals surface area contributed by atoms with E-state index in [0.29, 0.717) is 28.5 Å². The summed E-state index contributed by atoms with van der Waals surface area (Å²) in [5.74, 6) is -1.42. The number of allylic oxidation sites excluding steroid dienone is 1. The van der Waals surface area contributed by atoms with Gasteiger partial charge in [0, 0.05) is 10.9 Å². The number of hydrogen-bond donors (Lipinski definition) is 1. The van der Waals surface area contributed by atoms with E-state index in [-0.39, 0.29) is 11.3 Å². The van der Waals surface area contributed by atoms with Crippen molar-refractivity contribution >= 4 is 28.8 Å². The monoisotopic (exact) mass is 376 g/mol. The Labute approximate surface area is 161 Å². The molecule has 1 aromatic heterocycles. The Hall–Kier alpha value is -3.47. The number of rotatable bonds is 7. The molecule has 0 spiro atoms. The second kappa shape index (κ2) is 8.48. The molecule has 0 saturated carbocycles. The van der Waals surface area contributed by atoms with Gasteiger partial charge in [0.1, 0.15) is 11.1 Å². The Balaban J connectivity index is 2.05. The van der Waals surface area contributed by atoms with E-state index in [4.69, 9.17) is 4.42 Å². The molecule has 1 heterocycles. The first-order chi connectivity index (χ1) is 13.5. The third kappa shape index (κ3) is 4.09. The van der Waals surface area contributed by atoms with Gasteiger partial charge >= 0.3 is 11.6 Å². The average molecular weight is 376 g/mol. The van der Waals surface area contributed by atoms with Crippen LogP contribution in [0.1, 0.15) is 51.6 Å². The van der Waals surface area contributed by atoms with Gasteiger partial charge in [-0.15, -0.1) is 0 Å². The van der Waals surface area contributed by atoms with E-state index < -0.39 is 11.6 Å². The van der Waals surface area contributed by atoms with Crippen LogP contribution in [-0.2, 0) is 6.42 Å². The standard InChI is InChI=1S/C23H20O5/c1-2-3-9-17-18-14-15(10-12-19(24)16-7-5-4-6-8-16)11-13-20(18)28-23(27)21(17)22(25)26/h4-8,10-14H,2-3,9H2,1H3,(H,25,26)/b12-10+. The molecule has 3 rings (SSSR count). The van der Waals surface area contributed by atoms with Crippen LogP contribution in [-0.4, -0.2) is 16.9 Å². The van der Waals surface area contributed by atoms with Crippen molar-refractivity contribution in [2.45, 2.75) is 26.2 Å². The molecule has 142 valence electrons. The first kappa shape index (κ1) is 19.3. The molecule has 0 amide bonds. The Morgan fingerprint density at radius 3 is 2.54 bits per heavy atom. The first-order valence-electron chi connectivity index (χ1n) is 9.11. The molecule has 0 fully saturated rings. The Bertz CT molecular complexity index is 1110. The van der Waals surface area contributed by atoms with Crippen LogP contribution in [0.2, 0.25) is 0 Å². The molecule has 28 heavy (non-hydrogen) atoms. The number of fused-ring (bicyclic) bond motifs is 1. The first-order valence-corrected chi connectivity index (χ1v) is 9.11. The van der Waals surface area contributed by atoms with Crippen molar-refractivity contribution in [3.05, 3.63) is 87.3 Å². The molecule has 0 bridgehead atoms. The van der Waals surface area contributed by atoms with E-state index in [2.05, 4.69) is 0 Å². The number of aromatic carboxylic acids is 1. The van der Waals surface area contributed by atoms with Crippen molar-refractivity contribution in [3.63, 3.8) is 0 Å². The molecule has 0 aliphatic carbocycles. The van der Waals surface area contributed by atoms with Gasteiger partial charge in [0.2, 0.25) is 0 Å². The summed E-state index contributed by atoms with van der Waals surface area (Å²) in [5, 5.41) is 10.0. The number of carboxylic acids is 1. The quantitative estimate of drug-likeness (QED) is 0.366. The van der Waals surface area contributed by atoms with Crippen LogP contribution in [0.15, 0.2) is 63.8 Å². The molecule has 3 aromatic rings. The van der Waals surface area contributed by atoms with Crippen LogP contribution in [0.3, 0.4) is 0 Å². The van der Waals surface area contributed by atoms with Crippen LogP contribution in [0.25, 0.3) is 17.0 Å². The van der Waals surface area contributed by atoms with Crippen molar-refractivity contribution in [3.8, 4) is 0 Å². The molecule has 1 N–H and O–H groups in total. The minimum absolute atomic E-state index is 0.127. The van der Waals surface area contributed by atoms with Gasteiger partial charge in [-0.05, 0) is 42.2 Å². The Morgan fingerprint density at radius 1 is 1.11 bits per heavy atom. The van der Waals surface area contributed by atoms with E-state index >= 15 is 0 Å². The smallest absolute Gasteiger partial charge is 0.351 e. The predicted molar refractivity (Wildman–Crippen MR) is 108 cm³/mol. The molecule has 0 radical (unpaired) electrons. The lowest BCUT2D eigenvalue weighted by Gasteiger charge is -2.09. The van der Waals surface area contributed by atoms with Gasteiger partial charge in [-0.1, -0.05) is 55.8 Å². The second-order valence-corrected chi connectivity index (χ2v) is 6.47. The normalized spacial score (nSPS) is 11.2. The summed E-state index contributed by atoms with van der Waals surface area (Å²) in [5.41, 5.74) is 0.969. The van der Waals surface area contributed by atoms with Gasteiger partial charge in [-0.25, -0.2) is 9.59 Å². The van der Waals surface area contributed by atoms with E-state index in [1.807, 2.05) is 13.0 Å². The van der Waals surface area contributed by atoms with Gasteiger partial charge in [0.05, 0.1) is 0 Å². The van der Waals surface area contributed by atoms with Crippen LogP contribution in [0.4, 0.5) is 0 Å². The maximum Gasteiger partial charge on any atom is 0.351 e. The average Bonchev–Trinajstić information content (AvgIpc) is 2.70. The molecule has 0 atom stereocenters. The Kier molecular flexibility index (Phi) is 5.84. The lowest BCUT2D eigenvalue weighted by molar-refractivity contribution is 0.0691. The molecule has 5 heteroatoms. The minimum Gasteiger partial charge on any atom is -0.477 e. The number of hydrogen-bond acceptors (Lipinski definition) is 4. The van der Waals surface area contributed by atoms with Crippen molar-refractivity contribution in [2.24, 2.45) is 0 Å². The predicted octanol–water partition coefficient (Wildman–Crippen LogP) is 4.73. The van der Waals surface area contributed by atoms with Gasteiger partial charge in [-0.2, -0.15) is 0 Å². The fourth-order valence-electron chi connectivity index (χ4n) is 3.09. The van der Waals surface area contributed by atoms with Crippen LogP contribution >= 0.6 is 0 Å². The number of aryl methyl sites for hydroxylation is 1. The maximum atomic E-state index is 12.3. The fourth-order valence-corrected chi connectivity index (χ4v) is 3.09. The third-order valence-corrected chi connectivity index (χ3v) is 4.52. The van der Waals surface area contributed by atoms with Crippen LogP contribution in [0, 0.1) is 0 Å². The molecule has 2 aromatic carbocycles. The number of carbonyl (C=O) groups excluding carboxylic acids is 1. The number of carboxylic acid groups (broad SMARTS) is 1. The zero-order chi connectivity index (χ0) is 20.1. The molecular formula is C23H20O5. The largest absolute Gasteiger partial charge is 0.477 e. The summed E-state index contributed by atoms with van der Waals surface area (Å²) in [7, 11) is 0. The van der Waals surface area contributed by atoms with Crippen molar-refractivity contribution in [1.82, 2.24) is 0 Å². The summed E-state index contributed by atoms with van der Waals surface area (Å²) in [6.07, 6.45) is 5.23. The van der Waals surface area contributed by atoms with E-state index in [1.54, 1.807) is 48.5 Å². The molecule has 0 saturated heterocycles. The van der Waals surface area contributed by atoms with E-state index in [1.165, 1.54) is 6.08 Å². The number of ketones is 1. The van der Waals surface area contributed by atoms with Crippen molar-refractivity contribution in [1.29, 1.82) is 0 Å². The highest BCUT2D eigenvalue weighted by molar-refractivity contribution is 6.07. The van der Waals surface area contributed by atoms with Gasteiger partial charge in [0.15, 0.2) is 5.78 Å². The maximum absolute atomic E-state index is 12.3. The summed E-state index contributed by atoms with van der Waals surface area (Å²) in [4.78, 5) is 36.0. The minimum atomic E-state index is -1.29. The van der Waals surface area contributed by atoms with Gasteiger partial charge in [-0.3, -0.25) is 4.79 Å². The fraction of sp³-hybridized carbons (Fsp3) is 0.174. The highest BCUT2D eigenvalue weighted by Gasteiger charge is 2.20.